The maximum atomic E-state index is 9.82. The van der Waals surface area contributed by atoms with Crippen molar-refractivity contribution in [1.29, 1.82) is 10.5 Å². The van der Waals surface area contributed by atoms with E-state index in [1.165, 1.54) is 97.3 Å². The van der Waals surface area contributed by atoms with Gasteiger partial charge in [0.1, 0.15) is 0 Å². The van der Waals surface area contributed by atoms with E-state index >= 15 is 0 Å². The van der Waals surface area contributed by atoms with Gasteiger partial charge in [-0.15, -0.1) is 0 Å². The molecule has 2 nitrogen and oxygen atoms in total. The van der Waals surface area contributed by atoms with E-state index in [0.29, 0.717) is 23.0 Å². The van der Waals surface area contributed by atoms with Crippen molar-refractivity contribution in [3.8, 4) is 34.4 Å². The van der Waals surface area contributed by atoms with Gasteiger partial charge >= 0.3 is 0 Å². The largest absolute Gasteiger partial charge is 0.192 e. The van der Waals surface area contributed by atoms with Gasteiger partial charge in [0.25, 0.3) is 0 Å². The highest BCUT2D eigenvalue weighted by Crippen LogP contribution is 2.53. The lowest BCUT2D eigenvalue weighted by Gasteiger charge is -2.26. The quantitative estimate of drug-likeness (QED) is 0.171. The van der Waals surface area contributed by atoms with Gasteiger partial charge in [0.05, 0.1) is 23.3 Å². The van der Waals surface area contributed by atoms with Gasteiger partial charge in [-0.3, -0.25) is 0 Å². The second-order valence-electron chi connectivity index (χ2n) is 14.9. The molecule has 0 radical (unpaired) electrons. The maximum Gasteiger partial charge on any atom is 0.0991 e. The first kappa shape index (κ1) is 29.3. The molecule has 2 unspecified atom stereocenters. The van der Waals surface area contributed by atoms with Gasteiger partial charge in [0.2, 0.25) is 0 Å². The molecule has 12 rings (SSSR count). The topological polar surface area (TPSA) is 47.6 Å². The van der Waals surface area contributed by atoms with Crippen LogP contribution in [0.15, 0.2) is 152 Å². The minimum atomic E-state index is 0.307. The van der Waals surface area contributed by atoms with Gasteiger partial charge in [-0.05, 0) is 151 Å². The highest BCUT2D eigenvalue weighted by Gasteiger charge is 2.29. The third-order valence-electron chi connectivity index (χ3n) is 12.3. The van der Waals surface area contributed by atoms with Crippen LogP contribution in [0.3, 0.4) is 0 Å². The van der Waals surface area contributed by atoms with Gasteiger partial charge < -0.3 is 0 Å². The second-order valence-corrected chi connectivity index (χ2v) is 14.9. The number of benzene rings is 8. The van der Waals surface area contributed by atoms with Crippen molar-refractivity contribution in [3.05, 3.63) is 174 Å². The van der Waals surface area contributed by atoms with Crippen molar-refractivity contribution in [1.82, 2.24) is 0 Å². The Morgan fingerprint density at radius 2 is 1.02 bits per heavy atom. The number of nitrogens with zero attached hydrogens (tertiary/aromatic N) is 2. The number of hydrogen-bond acceptors (Lipinski definition) is 2. The number of allylic oxidation sites excluding steroid dienone is 4. The normalized spacial score (nSPS) is 16.1. The summed E-state index contributed by atoms with van der Waals surface area (Å²) in [7, 11) is 0. The Kier molecular flexibility index (Phi) is 5.78. The number of hydrogen-bond donors (Lipinski definition) is 0. The highest BCUT2D eigenvalue weighted by molar-refractivity contribution is 6.43. The first-order valence-electron chi connectivity index (χ1n) is 18.5. The summed E-state index contributed by atoms with van der Waals surface area (Å²) in [5.74, 6) is 0.637. The summed E-state index contributed by atoms with van der Waals surface area (Å²) in [5, 5.41) is 38.4. The van der Waals surface area contributed by atoms with Crippen molar-refractivity contribution in [2.45, 2.75) is 5.92 Å². The fraction of sp³-hybridized carbons (Fsp3) is 0.0385. The summed E-state index contributed by atoms with van der Waals surface area (Å²) in [6.45, 7) is 0. The molecule has 246 valence electrons. The number of nitriles is 2. The molecule has 2 aliphatic carbocycles. The van der Waals surface area contributed by atoms with E-state index in [1.54, 1.807) is 0 Å². The van der Waals surface area contributed by atoms with Crippen molar-refractivity contribution in [2.24, 2.45) is 5.92 Å². The average molecular weight is 681 g/mol. The summed E-state index contributed by atoms with van der Waals surface area (Å²) in [6.07, 6.45) is 11.6. The molecule has 0 spiro atoms. The zero-order valence-corrected chi connectivity index (χ0v) is 29.1. The highest BCUT2D eigenvalue weighted by atomic mass is 14.3. The fourth-order valence-corrected chi connectivity index (χ4v) is 10.1. The molecule has 2 atom stereocenters. The Balaban J connectivity index is 1.37. The van der Waals surface area contributed by atoms with Crippen LogP contribution in [-0.4, -0.2) is 0 Å². The summed E-state index contributed by atoms with van der Waals surface area (Å²) in [5.41, 5.74) is 7.22. The maximum absolute atomic E-state index is 9.82. The Bertz CT molecular complexity index is 3500. The molecule has 0 fully saturated rings. The van der Waals surface area contributed by atoms with E-state index in [-0.39, 0.29) is 0 Å². The third kappa shape index (κ3) is 3.77. The molecule has 0 aliphatic heterocycles. The molecule has 0 amide bonds. The van der Waals surface area contributed by atoms with Crippen LogP contribution in [0, 0.1) is 28.6 Å². The molecule has 0 bridgehead atoms. The van der Waals surface area contributed by atoms with Gasteiger partial charge in [-0.25, -0.2) is 0 Å². The van der Waals surface area contributed by atoms with Crippen LogP contribution >= 0.6 is 0 Å². The number of fused-ring (bicyclic) bond motifs is 11. The lowest BCUT2D eigenvalue weighted by molar-refractivity contribution is 0.730. The third-order valence-corrected chi connectivity index (χ3v) is 12.3. The van der Waals surface area contributed by atoms with Crippen molar-refractivity contribution >= 4 is 81.5 Å². The predicted molar refractivity (Wildman–Crippen MR) is 225 cm³/mol. The molecule has 0 N–H and O–H groups in total. The minimum absolute atomic E-state index is 0.307. The average Bonchev–Trinajstić information content (AvgIpc) is 3.72. The van der Waals surface area contributed by atoms with Crippen molar-refractivity contribution < 1.29 is 0 Å². The molecular formula is C52H28N2. The van der Waals surface area contributed by atoms with Crippen LogP contribution in [0.5, 0.6) is 0 Å². The molecule has 54 heavy (non-hydrogen) atoms. The van der Waals surface area contributed by atoms with Crippen LogP contribution in [0.4, 0.5) is 0 Å². The molecule has 0 heterocycles. The van der Waals surface area contributed by atoms with E-state index in [0.717, 1.165) is 11.1 Å². The van der Waals surface area contributed by atoms with Gasteiger partial charge in [0, 0.05) is 11.8 Å². The fourth-order valence-electron chi connectivity index (χ4n) is 10.1. The Hall–Kier alpha value is -7.26. The van der Waals surface area contributed by atoms with E-state index in [2.05, 4.69) is 146 Å². The molecule has 2 heteroatoms. The molecular weight excluding hydrogens is 653 g/mol. The molecule has 10 aromatic carbocycles. The SMILES string of the molecule is N#Cc1ccc(-c2c3cc4c(cc3c(-c3ccc(C#N)cc3)c3c5cc6ccccc6c6cccc(c23)c65)c2c3c(cccc34)C3C=CC=CC3C=2)cc1. The monoisotopic (exact) mass is 680 g/mol. The van der Waals surface area contributed by atoms with Crippen LogP contribution in [-0.2, 0) is 0 Å². The summed E-state index contributed by atoms with van der Waals surface area (Å²) < 4.78 is 0. The van der Waals surface area contributed by atoms with E-state index < -0.39 is 0 Å². The lowest BCUT2D eigenvalue weighted by Crippen LogP contribution is -2.19. The number of rotatable bonds is 2. The zero-order valence-electron chi connectivity index (χ0n) is 29.1. The molecule has 0 saturated carbocycles. The van der Waals surface area contributed by atoms with Gasteiger partial charge in [-0.1, -0.05) is 115 Å². The van der Waals surface area contributed by atoms with Gasteiger partial charge in [0.15, 0.2) is 0 Å². The van der Waals surface area contributed by atoms with Crippen LogP contribution in [0.1, 0.15) is 22.6 Å². The predicted octanol–water partition coefficient (Wildman–Crippen LogP) is 12.6. The summed E-state index contributed by atoms with van der Waals surface area (Å²) in [6, 6.07) is 50.6. The summed E-state index contributed by atoms with van der Waals surface area (Å²) >= 11 is 0. The molecule has 2 aliphatic rings. The van der Waals surface area contributed by atoms with E-state index in [1.807, 2.05) is 24.3 Å². The van der Waals surface area contributed by atoms with E-state index in [9.17, 15) is 10.5 Å². The molecule has 10 aromatic rings. The Morgan fingerprint density at radius 1 is 0.426 bits per heavy atom. The first-order chi connectivity index (χ1) is 26.7. The van der Waals surface area contributed by atoms with E-state index in [4.69, 9.17) is 0 Å². The lowest BCUT2D eigenvalue weighted by atomic mass is 9.78. The zero-order chi connectivity index (χ0) is 35.7. The van der Waals surface area contributed by atoms with Crippen molar-refractivity contribution in [2.75, 3.05) is 0 Å². The Morgan fingerprint density at radius 3 is 1.74 bits per heavy atom. The van der Waals surface area contributed by atoms with Crippen molar-refractivity contribution in [3.63, 3.8) is 0 Å². The standard InChI is InChI=1S/C52H28N2/c53-27-29-15-19-31(20-16-29)47-44-25-41-39-13-5-11-37-35-9-3-1-7-33(35)23-43(49(37)39)42(41)26-45(44)48(32-21-17-30(28-54)18-22-32)52-46-24-34-8-2-4-10-36(34)38-12-6-14-40(50(38)46)51(47)52/h1-26,33,35H. The molecule has 0 saturated heterocycles. The van der Waals surface area contributed by atoms with Crippen LogP contribution in [0.25, 0.3) is 104 Å². The smallest absolute Gasteiger partial charge is 0.0991 e. The van der Waals surface area contributed by atoms with Crippen LogP contribution < -0.4 is 5.22 Å². The first-order valence-corrected chi connectivity index (χ1v) is 18.5. The second kappa shape index (κ2) is 10.6. The Labute approximate surface area is 310 Å². The van der Waals surface area contributed by atoms with Crippen LogP contribution in [0.2, 0.25) is 0 Å². The van der Waals surface area contributed by atoms with Gasteiger partial charge in [-0.2, -0.15) is 10.5 Å². The molecule has 0 aromatic heterocycles. The summed E-state index contributed by atoms with van der Waals surface area (Å²) in [4.78, 5) is 0. The minimum Gasteiger partial charge on any atom is -0.192 e.